The number of nitrogens with two attached hydrogens (primary N) is 1. The van der Waals surface area contributed by atoms with Crippen molar-refractivity contribution in [1.82, 2.24) is 5.01 Å². The van der Waals surface area contributed by atoms with Gasteiger partial charge in [0.05, 0.1) is 0 Å². The van der Waals surface area contributed by atoms with Crippen LogP contribution in [0.1, 0.15) is 71.6 Å². The highest BCUT2D eigenvalue weighted by atomic mass is 15.4. The summed E-state index contributed by atoms with van der Waals surface area (Å²) in [6.45, 7) is 4.79. The normalized spacial score (nSPS) is 28.5. The molecule has 0 saturated heterocycles. The first kappa shape index (κ1) is 12.4. The number of hydrazine groups is 1. The number of rotatable bonds is 2. The van der Waals surface area contributed by atoms with Crippen LogP contribution in [0.4, 0.5) is 0 Å². The molecule has 94 valence electrons. The third-order valence-corrected chi connectivity index (χ3v) is 4.73. The Kier molecular flexibility index (Phi) is 3.91. The molecule has 2 N–H and O–H groups in total. The van der Waals surface area contributed by atoms with E-state index in [9.17, 15) is 0 Å². The van der Waals surface area contributed by atoms with Gasteiger partial charge in [0.15, 0.2) is 0 Å². The molecule has 16 heavy (non-hydrogen) atoms. The number of hydrogen-bond acceptors (Lipinski definition) is 2. The quantitative estimate of drug-likeness (QED) is 0.575. The molecule has 0 atom stereocenters. The lowest BCUT2D eigenvalue weighted by molar-refractivity contribution is 0.0550. The SMILES string of the molecule is CC1(C)CCC(N(N)C2CCCCC2)CC1. The van der Waals surface area contributed by atoms with Crippen LogP contribution in [0.3, 0.4) is 0 Å². The van der Waals surface area contributed by atoms with Crippen molar-refractivity contribution in [2.45, 2.75) is 83.7 Å². The highest BCUT2D eigenvalue weighted by Crippen LogP contribution is 2.37. The van der Waals surface area contributed by atoms with Crippen LogP contribution in [0.25, 0.3) is 0 Å². The Hall–Kier alpha value is -0.0800. The van der Waals surface area contributed by atoms with Crippen LogP contribution in [0.15, 0.2) is 0 Å². The van der Waals surface area contributed by atoms with E-state index in [-0.39, 0.29) is 0 Å². The van der Waals surface area contributed by atoms with Gasteiger partial charge in [-0.05, 0) is 43.9 Å². The highest BCUT2D eigenvalue weighted by Gasteiger charge is 2.32. The molecule has 0 aliphatic heterocycles. The molecule has 2 nitrogen and oxygen atoms in total. The van der Waals surface area contributed by atoms with E-state index in [0.29, 0.717) is 17.5 Å². The molecule has 0 aromatic heterocycles. The minimum Gasteiger partial charge on any atom is -0.268 e. The van der Waals surface area contributed by atoms with Gasteiger partial charge in [-0.15, -0.1) is 0 Å². The molecule has 0 amide bonds. The topological polar surface area (TPSA) is 29.3 Å². The molecule has 2 fully saturated rings. The smallest absolute Gasteiger partial charge is 0.0244 e. The Morgan fingerprint density at radius 1 is 0.875 bits per heavy atom. The Morgan fingerprint density at radius 2 is 1.38 bits per heavy atom. The summed E-state index contributed by atoms with van der Waals surface area (Å²) in [6, 6.07) is 1.34. The lowest BCUT2D eigenvalue weighted by Crippen LogP contribution is -2.50. The highest BCUT2D eigenvalue weighted by molar-refractivity contribution is 4.85. The minimum atomic E-state index is 0.559. The summed E-state index contributed by atoms with van der Waals surface area (Å²) in [5, 5.41) is 2.23. The van der Waals surface area contributed by atoms with Crippen molar-refractivity contribution in [3.05, 3.63) is 0 Å². The van der Waals surface area contributed by atoms with Crippen LogP contribution in [0.5, 0.6) is 0 Å². The summed E-state index contributed by atoms with van der Waals surface area (Å²) < 4.78 is 0. The zero-order valence-corrected chi connectivity index (χ0v) is 11.0. The van der Waals surface area contributed by atoms with Crippen molar-refractivity contribution in [3.8, 4) is 0 Å². The molecule has 2 heteroatoms. The molecular formula is C14H28N2. The van der Waals surface area contributed by atoms with Crippen LogP contribution in [-0.2, 0) is 0 Å². The summed E-state index contributed by atoms with van der Waals surface area (Å²) in [4.78, 5) is 0. The maximum atomic E-state index is 6.35. The minimum absolute atomic E-state index is 0.559. The number of nitrogens with zero attached hydrogens (tertiary/aromatic N) is 1. The molecule has 2 aliphatic carbocycles. The molecule has 2 saturated carbocycles. The van der Waals surface area contributed by atoms with Crippen LogP contribution < -0.4 is 5.84 Å². The fraction of sp³-hybridized carbons (Fsp3) is 1.00. The van der Waals surface area contributed by atoms with Gasteiger partial charge in [0.2, 0.25) is 0 Å². The largest absolute Gasteiger partial charge is 0.268 e. The summed E-state index contributed by atoms with van der Waals surface area (Å²) in [5.74, 6) is 6.35. The maximum absolute atomic E-state index is 6.35. The summed E-state index contributed by atoms with van der Waals surface area (Å²) in [5.41, 5.74) is 0.559. The Morgan fingerprint density at radius 3 is 1.94 bits per heavy atom. The third kappa shape index (κ3) is 2.98. The van der Waals surface area contributed by atoms with E-state index in [2.05, 4.69) is 18.9 Å². The van der Waals surface area contributed by atoms with Gasteiger partial charge in [-0.1, -0.05) is 33.1 Å². The first-order valence-electron chi connectivity index (χ1n) is 7.11. The van der Waals surface area contributed by atoms with Gasteiger partial charge in [0, 0.05) is 12.1 Å². The van der Waals surface area contributed by atoms with Crippen molar-refractivity contribution in [2.24, 2.45) is 11.3 Å². The molecule has 2 aliphatic rings. The van der Waals surface area contributed by atoms with Crippen molar-refractivity contribution in [2.75, 3.05) is 0 Å². The van der Waals surface area contributed by atoms with Gasteiger partial charge in [0.1, 0.15) is 0 Å². The lowest BCUT2D eigenvalue weighted by Gasteiger charge is -2.42. The Labute approximate surface area is 101 Å². The summed E-state index contributed by atoms with van der Waals surface area (Å²) in [6.07, 6.45) is 12.2. The fourth-order valence-corrected chi connectivity index (χ4v) is 3.36. The molecule has 0 unspecified atom stereocenters. The second-order valence-electron chi connectivity index (χ2n) is 6.63. The monoisotopic (exact) mass is 224 g/mol. The first-order valence-corrected chi connectivity index (χ1v) is 7.11. The van der Waals surface area contributed by atoms with Crippen LogP contribution in [0.2, 0.25) is 0 Å². The predicted molar refractivity (Wildman–Crippen MR) is 68.9 cm³/mol. The van der Waals surface area contributed by atoms with Crippen LogP contribution in [0, 0.1) is 5.41 Å². The molecule has 0 aromatic rings. The van der Waals surface area contributed by atoms with Crippen LogP contribution in [-0.4, -0.2) is 17.1 Å². The van der Waals surface area contributed by atoms with E-state index in [0.717, 1.165) is 0 Å². The molecule has 0 bridgehead atoms. The fourth-order valence-electron chi connectivity index (χ4n) is 3.36. The Balaban J connectivity index is 1.83. The molecule has 0 aromatic carbocycles. The standard InChI is InChI=1S/C14H28N2/c1-14(2)10-8-13(9-11-14)16(15)12-6-4-3-5-7-12/h12-13H,3-11,15H2,1-2H3. The van der Waals surface area contributed by atoms with Gasteiger partial charge in [-0.3, -0.25) is 5.84 Å². The van der Waals surface area contributed by atoms with E-state index in [4.69, 9.17) is 5.84 Å². The van der Waals surface area contributed by atoms with Crippen molar-refractivity contribution < 1.29 is 0 Å². The van der Waals surface area contributed by atoms with Crippen molar-refractivity contribution in [3.63, 3.8) is 0 Å². The van der Waals surface area contributed by atoms with Gasteiger partial charge in [-0.2, -0.15) is 0 Å². The zero-order valence-electron chi connectivity index (χ0n) is 11.0. The van der Waals surface area contributed by atoms with E-state index in [1.54, 1.807) is 0 Å². The third-order valence-electron chi connectivity index (χ3n) is 4.73. The van der Waals surface area contributed by atoms with Gasteiger partial charge in [0.25, 0.3) is 0 Å². The molecule has 0 spiro atoms. The lowest BCUT2D eigenvalue weighted by atomic mass is 9.75. The average Bonchev–Trinajstić information content (AvgIpc) is 2.29. The predicted octanol–water partition coefficient (Wildman–Crippen LogP) is 3.46. The van der Waals surface area contributed by atoms with E-state index in [1.165, 1.54) is 57.8 Å². The van der Waals surface area contributed by atoms with Crippen molar-refractivity contribution in [1.29, 1.82) is 0 Å². The van der Waals surface area contributed by atoms with E-state index in [1.807, 2.05) is 0 Å². The molecule has 0 heterocycles. The van der Waals surface area contributed by atoms with Gasteiger partial charge in [-0.25, -0.2) is 5.01 Å². The van der Waals surface area contributed by atoms with Crippen molar-refractivity contribution >= 4 is 0 Å². The summed E-state index contributed by atoms with van der Waals surface area (Å²) >= 11 is 0. The molecular weight excluding hydrogens is 196 g/mol. The summed E-state index contributed by atoms with van der Waals surface area (Å²) in [7, 11) is 0. The number of hydrogen-bond donors (Lipinski definition) is 1. The maximum Gasteiger partial charge on any atom is 0.0244 e. The second kappa shape index (κ2) is 5.05. The molecule has 2 rings (SSSR count). The van der Waals surface area contributed by atoms with Gasteiger partial charge >= 0.3 is 0 Å². The van der Waals surface area contributed by atoms with E-state index >= 15 is 0 Å². The van der Waals surface area contributed by atoms with Gasteiger partial charge < -0.3 is 0 Å². The zero-order chi connectivity index (χ0) is 11.6. The Bertz CT molecular complexity index is 209. The average molecular weight is 224 g/mol. The first-order chi connectivity index (χ1) is 7.58. The van der Waals surface area contributed by atoms with E-state index < -0.39 is 0 Å². The second-order valence-corrected chi connectivity index (χ2v) is 6.63. The molecule has 0 radical (unpaired) electrons. The van der Waals surface area contributed by atoms with Crippen LogP contribution >= 0.6 is 0 Å².